The summed E-state index contributed by atoms with van der Waals surface area (Å²) in [5.41, 5.74) is 0.907. The van der Waals surface area contributed by atoms with E-state index in [0.717, 1.165) is 0 Å². The van der Waals surface area contributed by atoms with E-state index in [0.29, 0.717) is 24.3 Å². The number of hydrogen-bond acceptors (Lipinski definition) is 6. The lowest BCUT2D eigenvalue weighted by Crippen LogP contribution is -2.15. The Balaban J connectivity index is 0.000000143. The normalized spacial score (nSPS) is 23.6. The topological polar surface area (TPSA) is 93.1 Å². The summed E-state index contributed by atoms with van der Waals surface area (Å²) in [7, 11) is 0. The first-order chi connectivity index (χ1) is 16.4. The van der Waals surface area contributed by atoms with E-state index in [1.54, 1.807) is 52.4 Å². The third-order valence-electron chi connectivity index (χ3n) is 7.11. The fourth-order valence-corrected chi connectivity index (χ4v) is 5.64. The van der Waals surface area contributed by atoms with Gasteiger partial charge in [0.1, 0.15) is 11.5 Å². The van der Waals surface area contributed by atoms with Crippen molar-refractivity contribution in [3.8, 4) is 11.5 Å². The minimum Gasteiger partial charge on any atom is -0.508 e. The maximum atomic E-state index is 11.1. The van der Waals surface area contributed by atoms with E-state index in [2.05, 4.69) is 0 Å². The van der Waals surface area contributed by atoms with Crippen molar-refractivity contribution in [3.05, 3.63) is 59.7 Å². The number of carbonyl (C=O) groups is 2. The Morgan fingerprint density at radius 2 is 1.09 bits per heavy atom. The van der Waals surface area contributed by atoms with E-state index in [1.165, 1.54) is 72.2 Å². The predicted molar refractivity (Wildman–Crippen MR) is 130 cm³/mol. The number of fused-ring (bicyclic) bond motifs is 5. The van der Waals surface area contributed by atoms with Crippen LogP contribution < -0.4 is 0 Å². The van der Waals surface area contributed by atoms with Crippen LogP contribution in [-0.4, -0.2) is 35.4 Å². The second-order valence-electron chi connectivity index (χ2n) is 9.13. The Hall–Kier alpha value is -3.02. The maximum Gasteiger partial charge on any atom is 0.338 e. The van der Waals surface area contributed by atoms with E-state index in [9.17, 15) is 9.59 Å². The summed E-state index contributed by atoms with van der Waals surface area (Å²) < 4.78 is 9.49. The van der Waals surface area contributed by atoms with Gasteiger partial charge in [0.25, 0.3) is 0 Å². The summed E-state index contributed by atoms with van der Waals surface area (Å²) in [4.78, 5) is 22.1. The molecule has 4 unspecified atom stereocenters. The molecule has 4 atom stereocenters. The van der Waals surface area contributed by atoms with Crippen LogP contribution in [0, 0.1) is 23.7 Å². The second-order valence-corrected chi connectivity index (χ2v) is 9.13. The Kier molecular flexibility index (Phi) is 9.37. The van der Waals surface area contributed by atoms with E-state index < -0.39 is 0 Å². The number of aromatic hydroxyl groups is 2. The fraction of sp³-hybridized carbons (Fsp3) is 0.500. The molecule has 2 bridgehead atoms. The molecule has 184 valence electrons. The molecular formula is C28H36O6. The standard InChI is InChI=1S/C10H16.2C9H10O3/c1-2-9-7-4-5-8(6-7)10(9)3-1;2*1-2-12-9(11)7-3-5-8(10)6-4-7/h7-10H,1-6H2;2*3-6,10H,2H2,1H3. The van der Waals surface area contributed by atoms with E-state index in [-0.39, 0.29) is 23.4 Å². The molecule has 0 spiro atoms. The van der Waals surface area contributed by atoms with Crippen molar-refractivity contribution in [2.24, 2.45) is 23.7 Å². The van der Waals surface area contributed by atoms with Crippen LogP contribution in [0.4, 0.5) is 0 Å². The molecule has 0 amide bonds. The van der Waals surface area contributed by atoms with Gasteiger partial charge in [-0.1, -0.05) is 6.42 Å². The number of rotatable bonds is 4. The highest BCUT2D eigenvalue weighted by Crippen LogP contribution is 2.58. The number of benzene rings is 2. The van der Waals surface area contributed by atoms with Crippen molar-refractivity contribution >= 4 is 11.9 Å². The molecule has 3 aliphatic carbocycles. The summed E-state index contributed by atoms with van der Waals surface area (Å²) in [6.45, 7) is 4.22. The molecule has 0 aliphatic heterocycles. The van der Waals surface area contributed by atoms with Gasteiger partial charge in [0.2, 0.25) is 0 Å². The van der Waals surface area contributed by atoms with Gasteiger partial charge in [-0.3, -0.25) is 0 Å². The molecule has 34 heavy (non-hydrogen) atoms. The Morgan fingerprint density at radius 1 is 0.706 bits per heavy atom. The Labute approximate surface area is 201 Å². The first-order valence-corrected chi connectivity index (χ1v) is 12.3. The van der Waals surface area contributed by atoms with Crippen molar-refractivity contribution in [2.75, 3.05) is 13.2 Å². The lowest BCUT2D eigenvalue weighted by Gasteiger charge is -2.23. The molecule has 3 saturated carbocycles. The smallest absolute Gasteiger partial charge is 0.338 e. The third kappa shape index (κ3) is 6.75. The predicted octanol–water partition coefficient (Wildman–Crippen LogP) is 5.97. The molecule has 3 fully saturated rings. The third-order valence-corrected chi connectivity index (χ3v) is 7.11. The number of hydrogen-bond donors (Lipinski definition) is 2. The molecule has 2 N–H and O–H groups in total. The first kappa shape index (κ1) is 25.6. The van der Waals surface area contributed by atoms with Gasteiger partial charge < -0.3 is 19.7 Å². The summed E-state index contributed by atoms with van der Waals surface area (Å²) in [6, 6.07) is 11.9. The van der Waals surface area contributed by atoms with Gasteiger partial charge in [0.05, 0.1) is 24.3 Å². The van der Waals surface area contributed by atoms with Crippen LogP contribution in [0.15, 0.2) is 48.5 Å². The van der Waals surface area contributed by atoms with Gasteiger partial charge >= 0.3 is 11.9 Å². The number of carbonyl (C=O) groups excluding carboxylic acids is 2. The number of esters is 2. The van der Waals surface area contributed by atoms with Crippen LogP contribution in [0.25, 0.3) is 0 Å². The zero-order chi connectivity index (χ0) is 24.5. The summed E-state index contributed by atoms with van der Waals surface area (Å²) >= 11 is 0. The minimum absolute atomic E-state index is 0.142. The highest BCUT2D eigenvalue weighted by atomic mass is 16.5. The van der Waals surface area contributed by atoms with Gasteiger partial charge in [-0.25, -0.2) is 9.59 Å². The zero-order valence-corrected chi connectivity index (χ0v) is 20.1. The molecule has 2 aromatic rings. The van der Waals surface area contributed by atoms with Gasteiger partial charge in [0, 0.05) is 0 Å². The molecule has 5 rings (SSSR count). The molecule has 0 aromatic heterocycles. The largest absolute Gasteiger partial charge is 0.508 e. The number of phenols is 2. The lowest BCUT2D eigenvalue weighted by molar-refractivity contribution is 0.0516. The monoisotopic (exact) mass is 468 g/mol. The molecular weight excluding hydrogens is 432 g/mol. The highest BCUT2D eigenvalue weighted by Gasteiger charge is 2.48. The van der Waals surface area contributed by atoms with Crippen LogP contribution in [-0.2, 0) is 9.47 Å². The van der Waals surface area contributed by atoms with Crippen LogP contribution in [0.2, 0.25) is 0 Å². The maximum absolute atomic E-state index is 11.1. The average Bonchev–Trinajstić information content (AvgIpc) is 3.57. The zero-order valence-electron chi connectivity index (χ0n) is 20.1. The molecule has 0 heterocycles. The molecule has 3 aliphatic rings. The van der Waals surface area contributed by atoms with Crippen molar-refractivity contribution in [1.82, 2.24) is 0 Å². The molecule has 0 saturated heterocycles. The van der Waals surface area contributed by atoms with Gasteiger partial charge in [-0.15, -0.1) is 0 Å². The van der Waals surface area contributed by atoms with Crippen molar-refractivity contribution in [2.45, 2.75) is 52.4 Å². The SMILES string of the molecule is C1CC2C3CCC(C3)C2C1.CCOC(=O)c1ccc(O)cc1.CCOC(=O)c1ccc(O)cc1. The average molecular weight is 469 g/mol. The Morgan fingerprint density at radius 3 is 1.44 bits per heavy atom. The summed E-state index contributed by atoms with van der Waals surface area (Å²) in [5, 5.41) is 17.8. The lowest BCUT2D eigenvalue weighted by atomic mass is 9.82. The molecule has 6 nitrogen and oxygen atoms in total. The minimum atomic E-state index is -0.363. The second kappa shape index (κ2) is 12.4. The van der Waals surface area contributed by atoms with E-state index >= 15 is 0 Å². The highest BCUT2D eigenvalue weighted by molar-refractivity contribution is 5.89. The molecule has 6 heteroatoms. The summed E-state index contributed by atoms with van der Waals surface area (Å²) in [5.74, 6) is 4.36. The quantitative estimate of drug-likeness (QED) is 0.537. The fourth-order valence-electron chi connectivity index (χ4n) is 5.64. The van der Waals surface area contributed by atoms with Crippen LogP contribution in [0.3, 0.4) is 0 Å². The van der Waals surface area contributed by atoms with E-state index in [4.69, 9.17) is 19.7 Å². The van der Waals surface area contributed by atoms with Crippen molar-refractivity contribution in [1.29, 1.82) is 0 Å². The van der Waals surface area contributed by atoms with Crippen LogP contribution in [0.5, 0.6) is 11.5 Å². The van der Waals surface area contributed by atoms with Crippen LogP contribution in [0.1, 0.15) is 73.1 Å². The molecule has 2 aromatic carbocycles. The Bertz CT molecular complexity index is 845. The van der Waals surface area contributed by atoms with Gasteiger partial charge in [0.15, 0.2) is 0 Å². The van der Waals surface area contributed by atoms with Crippen LogP contribution >= 0.6 is 0 Å². The van der Waals surface area contributed by atoms with Gasteiger partial charge in [-0.05, 0) is 118 Å². The molecule has 0 radical (unpaired) electrons. The first-order valence-electron chi connectivity index (χ1n) is 12.3. The number of ether oxygens (including phenoxy) is 2. The number of phenolic OH excluding ortho intramolecular Hbond substituents is 2. The van der Waals surface area contributed by atoms with Gasteiger partial charge in [-0.2, -0.15) is 0 Å². The van der Waals surface area contributed by atoms with Crippen molar-refractivity contribution in [3.63, 3.8) is 0 Å². The van der Waals surface area contributed by atoms with Crippen molar-refractivity contribution < 1.29 is 29.3 Å². The van der Waals surface area contributed by atoms with E-state index in [1.807, 2.05) is 0 Å². The summed E-state index contributed by atoms with van der Waals surface area (Å²) in [6.07, 6.45) is 9.53.